The molecule has 1 amide bonds. The number of aromatic nitrogens is 4. The van der Waals surface area contributed by atoms with Gasteiger partial charge in [0.15, 0.2) is 10.3 Å². The molecule has 0 atom stereocenters. The van der Waals surface area contributed by atoms with Gasteiger partial charge in [-0.3, -0.25) is 19.6 Å². The maximum Gasteiger partial charge on any atom is 0.284 e. The smallest absolute Gasteiger partial charge is 0.284 e. The van der Waals surface area contributed by atoms with Crippen molar-refractivity contribution in [3.8, 4) is 0 Å². The highest BCUT2D eigenvalue weighted by Gasteiger charge is 2.21. The first-order valence-corrected chi connectivity index (χ1v) is 12.5. The molecular weight excluding hydrogens is 502 g/mol. The number of nitrogens with zero attached hydrogens (tertiary/aromatic N) is 5. The Labute approximate surface area is 201 Å². The number of carbonyl (C=O) groups is 1. The van der Waals surface area contributed by atoms with Gasteiger partial charge in [-0.15, -0.1) is 21.5 Å². The lowest BCUT2D eigenvalue weighted by atomic mass is 10.2. The van der Waals surface area contributed by atoms with Gasteiger partial charge in [0, 0.05) is 35.9 Å². The number of aryl methyl sites for hydroxylation is 1. The molecule has 4 aromatic rings. The minimum atomic E-state index is -3.83. The van der Waals surface area contributed by atoms with E-state index in [-0.39, 0.29) is 21.3 Å². The fourth-order valence-electron chi connectivity index (χ4n) is 2.72. The van der Waals surface area contributed by atoms with E-state index < -0.39 is 20.9 Å². The minimum absolute atomic E-state index is 0.0125. The molecule has 2 heterocycles. The van der Waals surface area contributed by atoms with E-state index in [9.17, 15) is 23.3 Å². The lowest BCUT2D eigenvalue weighted by Crippen LogP contribution is -2.14. The Hall–Kier alpha value is -3.82. The van der Waals surface area contributed by atoms with Crippen LogP contribution in [0.3, 0.4) is 0 Å². The number of hydrogen-bond acceptors (Lipinski definition) is 10. The summed E-state index contributed by atoms with van der Waals surface area (Å²) >= 11 is 2.20. The fraction of sp³-hybridized carbons (Fsp3) is 0.0526. The van der Waals surface area contributed by atoms with Crippen LogP contribution in [0.1, 0.15) is 10.4 Å². The van der Waals surface area contributed by atoms with Crippen molar-refractivity contribution in [1.29, 1.82) is 0 Å². The van der Waals surface area contributed by atoms with Crippen molar-refractivity contribution >= 4 is 55.5 Å². The molecular formula is C19H15N7O5S3. The quantitative estimate of drug-likeness (QED) is 0.263. The van der Waals surface area contributed by atoms with Crippen LogP contribution < -0.4 is 10.0 Å². The zero-order chi connectivity index (χ0) is 24.3. The Balaban J connectivity index is 1.49. The molecule has 0 unspecified atom stereocenters. The van der Waals surface area contributed by atoms with Gasteiger partial charge in [0.1, 0.15) is 6.33 Å². The summed E-state index contributed by atoms with van der Waals surface area (Å²) in [4.78, 5) is 27.8. The van der Waals surface area contributed by atoms with Crippen molar-refractivity contribution in [3.63, 3.8) is 0 Å². The third kappa shape index (κ3) is 5.22. The number of nitrogens with one attached hydrogen (secondary N) is 2. The van der Waals surface area contributed by atoms with Crippen LogP contribution >= 0.6 is 23.1 Å². The number of benzene rings is 2. The van der Waals surface area contributed by atoms with E-state index in [1.54, 1.807) is 17.0 Å². The second kappa shape index (κ2) is 9.58. The van der Waals surface area contributed by atoms with E-state index in [1.807, 2.05) is 0 Å². The van der Waals surface area contributed by atoms with Crippen molar-refractivity contribution in [2.75, 3.05) is 10.0 Å². The molecule has 15 heteroatoms. The number of carbonyl (C=O) groups excluding carboxylic acids is 1. The number of nitro benzene ring substituents is 1. The van der Waals surface area contributed by atoms with Gasteiger partial charge >= 0.3 is 0 Å². The first-order chi connectivity index (χ1) is 16.2. The monoisotopic (exact) mass is 517 g/mol. The highest BCUT2D eigenvalue weighted by atomic mass is 32.2. The van der Waals surface area contributed by atoms with Crippen molar-refractivity contribution in [2.24, 2.45) is 7.05 Å². The molecule has 0 aliphatic heterocycles. The predicted octanol–water partition coefficient (Wildman–Crippen LogP) is 3.38. The molecule has 0 saturated heterocycles. The maximum absolute atomic E-state index is 12.7. The van der Waals surface area contributed by atoms with E-state index in [1.165, 1.54) is 55.0 Å². The van der Waals surface area contributed by atoms with Gasteiger partial charge in [-0.25, -0.2) is 13.4 Å². The second-order valence-corrected chi connectivity index (χ2v) is 10.3. The van der Waals surface area contributed by atoms with Gasteiger partial charge in [0.2, 0.25) is 0 Å². The molecule has 174 valence electrons. The number of nitro groups is 1. The van der Waals surface area contributed by atoms with Crippen LogP contribution in [-0.4, -0.2) is 39.0 Å². The lowest BCUT2D eigenvalue weighted by Gasteiger charge is -2.09. The van der Waals surface area contributed by atoms with E-state index in [0.29, 0.717) is 15.7 Å². The summed E-state index contributed by atoms with van der Waals surface area (Å²) in [5.74, 6) is -0.588. The standard InChI is InChI=1S/C19H15N7O5S3/c1-25-11-21-23-19(25)33-16-7-2-12(10-15(16)26(28)29)17(27)22-13-3-5-14(6-4-13)34(30,31)24-18-20-8-9-32-18/h2-11H,1H3,(H,20,24)(H,22,27). The highest BCUT2D eigenvalue weighted by molar-refractivity contribution is 7.99. The van der Waals surface area contributed by atoms with E-state index >= 15 is 0 Å². The zero-order valence-corrected chi connectivity index (χ0v) is 19.7. The van der Waals surface area contributed by atoms with Gasteiger partial charge in [-0.2, -0.15) is 0 Å². The molecule has 2 N–H and O–H groups in total. The normalized spacial score (nSPS) is 11.2. The molecule has 4 rings (SSSR count). The first kappa shape index (κ1) is 23.3. The largest absolute Gasteiger partial charge is 0.322 e. The van der Waals surface area contributed by atoms with Gasteiger partial charge in [0.25, 0.3) is 21.6 Å². The van der Waals surface area contributed by atoms with Gasteiger partial charge in [-0.1, -0.05) is 0 Å². The summed E-state index contributed by atoms with van der Waals surface area (Å²) in [6, 6.07) is 9.58. The van der Waals surface area contributed by atoms with Crippen molar-refractivity contribution < 1.29 is 18.1 Å². The van der Waals surface area contributed by atoms with Crippen LogP contribution in [0.25, 0.3) is 0 Å². The molecule has 0 spiro atoms. The molecule has 0 fully saturated rings. The minimum Gasteiger partial charge on any atom is -0.322 e. The topological polar surface area (TPSA) is 162 Å². The van der Waals surface area contributed by atoms with E-state index in [0.717, 1.165) is 23.1 Å². The van der Waals surface area contributed by atoms with Crippen LogP contribution in [0.4, 0.5) is 16.5 Å². The first-order valence-electron chi connectivity index (χ1n) is 9.37. The van der Waals surface area contributed by atoms with Crippen molar-refractivity contribution in [3.05, 3.63) is 76.0 Å². The van der Waals surface area contributed by atoms with Gasteiger partial charge in [0.05, 0.1) is 14.7 Å². The lowest BCUT2D eigenvalue weighted by molar-refractivity contribution is -0.387. The van der Waals surface area contributed by atoms with Gasteiger partial charge < -0.3 is 9.88 Å². The van der Waals surface area contributed by atoms with Crippen LogP contribution in [-0.2, 0) is 17.1 Å². The maximum atomic E-state index is 12.7. The second-order valence-electron chi connectivity index (χ2n) is 6.69. The van der Waals surface area contributed by atoms with Crippen molar-refractivity contribution in [2.45, 2.75) is 14.9 Å². The Morgan fingerprint density at radius 2 is 1.97 bits per heavy atom. The molecule has 12 nitrogen and oxygen atoms in total. The molecule has 0 aliphatic rings. The summed E-state index contributed by atoms with van der Waals surface area (Å²) in [7, 11) is -2.12. The Bertz CT molecular complexity index is 1450. The molecule has 34 heavy (non-hydrogen) atoms. The average Bonchev–Trinajstić information content (AvgIpc) is 3.45. The Kier molecular flexibility index (Phi) is 6.58. The van der Waals surface area contributed by atoms with Crippen LogP contribution in [0.2, 0.25) is 0 Å². The third-order valence-electron chi connectivity index (χ3n) is 4.37. The molecule has 0 saturated carbocycles. The summed E-state index contributed by atoms with van der Waals surface area (Å²) in [6.07, 6.45) is 2.95. The Morgan fingerprint density at radius 1 is 1.21 bits per heavy atom. The summed E-state index contributed by atoms with van der Waals surface area (Å²) in [5.41, 5.74) is 0.130. The van der Waals surface area contributed by atoms with Crippen molar-refractivity contribution in [1.82, 2.24) is 19.7 Å². The number of hydrogen-bond donors (Lipinski definition) is 2. The molecule has 0 aliphatic carbocycles. The Morgan fingerprint density at radius 3 is 2.59 bits per heavy atom. The molecule has 0 bridgehead atoms. The number of rotatable bonds is 8. The van der Waals surface area contributed by atoms with E-state index in [2.05, 4.69) is 25.2 Å². The summed E-state index contributed by atoms with van der Waals surface area (Å²) in [6.45, 7) is 0. The number of sulfonamides is 1. The highest BCUT2D eigenvalue weighted by Crippen LogP contribution is 2.34. The zero-order valence-electron chi connectivity index (χ0n) is 17.3. The fourth-order valence-corrected chi connectivity index (χ4v) is 5.36. The third-order valence-corrected chi connectivity index (χ3v) is 7.66. The van der Waals surface area contributed by atoms with Crippen LogP contribution in [0, 0.1) is 10.1 Å². The van der Waals surface area contributed by atoms with Gasteiger partial charge in [-0.05, 0) is 48.2 Å². The average molecular weight is 518 g/mol. The molecule has 0 radical (unpaired) electrons. The predicted molar refractivity (Wildman–Crippen MR) is 126 cm³/mol. The van der Waals surface area contributed by atoms with Crippen LogP contribution in [0.15, 0.2) is 75.3 Å². The number of amides is 1. The summed E-state index contributed by atoms with van der Waals surface area (Å²) in [5, 5.41) is 24.1. The molecule has 2 aromatic heterocycles. The summed E-state index contributed by atoms with van der Waals surface area (Å²) < 4.78 is 28.8. The van der Waals surface area contributed by atoms with Crippen LogP contribution in [0.5, 0.6) is 0 Å². The number of thiazole rings is 1. The molecule has 2 aromatic carbocycles. The van der Waals surface area contributed by atoms with E-state index in [4.69, 9.17) is 0 Å². The SMILES string of the molecule is Cn1cnnc1Sc1ccc(C(=O)Nc2ccc(S(=O)(=O)Nc3nccs3)cc2)cc1[N+](=O)[O-]. The number of anilines is 2.